The van der Waals surface area contributed by atoms with Crippen molar-refractivity contribution in [2.75, 3.05) is 24.2 Å². The number of nitrogen functional groups attached to an aromatic ring is 1. The number of nitrogens with one attached hydrogen (secondary N) is 1. The lowest BCUT2D eigenvalue weighted by atomic mass is 10.0. The highest BCUT2D eigenvalue weighted by molar-refractivity contribution is 6.31. The molecule has 0 spiro atoms. The molecule has 1 atom stereocenters. The van der Waals surface area contributed by atoms with Crippen molar-refractivity contribution in [3.05, 3.63) is 29.4 Å². The lowest BCUT2D eigenvalue weighted by Gasteiger charge is -2.15. The van der Waals surface area contributed by atoms with E-state index in [0.29, 0.717) is 12.4 Å². The first-order valence-corrected chi connectivity index (χ1v) is 7.11. The maximum Gasteiger partial charge on any atom is 0.223 e. The third-order valence-electron chi connectivity index (χ3n) is 3.09. The average Bonchev–Trinajstić information content (AvgIpc) is 2.43. The number of allylic oxidation sites excluding steroid dienone is 2. The van der Waals surface area contributed by atoms with Crippen LogP contribution in [-0.4, -0.2) is 33.3 Å². The van der Waals surface area contributed by atoms with Crippen molar-refractivity contribution < 1.29 is 10.2 Å². The van der Waals surface area contributed by atoms with Crippen molar-refractivity contribution >= 4 is 29.1 Å². The Morgan fingerprint density at radius 1 is 1.52 bits per heavy atom. The zero-order chi connectivity index (χ0) is 15.8. The molecule has 1 heterocycles. The fraction of sp³-hybridized carbons (Fsp3) is 0.429. The van der Waals surface area contributed by atoms with E-state index < -0.39 is 0 Å². The van der Waals surface area contributed by atoms with Gasteiger partial charge in [-0.05, 0) is 18.4 Å². The Kier molecular flexibility index (Phi) is 6.98. The molecule has 5 N–H and O–H groups in total. The molecule has 0 aromatic carbocycles. The molecule has 1 aromatic heterocycles. The second-order valence-electron chi connectivity index (χ2n) is 4.56. The van der Waals surface area contributed by atoms with Gasteiger partial charge in [-0.2, -0.15) is 4.98 Å². The van der Waals surface area contributed by atoms with E-state index in [-0.39, 0.29) is 34.9 Å². The second kappa shape index (κ2) is 8.49. The summed E-state index contributed by atoms with van der Waals surface area (Å²) in [7, 11) is 0. The van der Waals surface area contributed by atoms with Gasteiger partial charge >= 0.3 is 0 Å². The van der Waals surface area contributed by atoms with Gasteiger partial charge < -0.3 is 21.3 Å². The fourth-order valence-corrected chi connectivity index (χ4v) is 2.09. The summed E-state index contributed by atoms with van der Waals surface area (Å²) in [5, 5.41) is 22.3. The molecule has 21 heavy (non-hydrogen) atoms. The Labute approximate surface area is 129 Å². The van der Waals surface area contributed by atoms with Crippen LogP contribution in [0.2, 0.25) is 5.15 Å². The molecule has 0 radical (unpaired) electrons. The highest BCUT2D eigenvalue weighted by Gasteiger charge is 2.16. The molecular weight excluding hydrogens is 292 g/mol. The summed E-state index contributed by atoms with van der Waals surface area (Å²) in [6, 6.07) is 0. The monoisotopic (exact) mass is 312 g/mol. The highest BCUT2D eigenvalue weighted by atomic mass is 35.5. The fourth-order valence-electron chi connectivity index (χ4n) is 1.82. The summed E-state index contributed by atoms with van der Waals surface area (Å²) in [6.07, 6.45) is 4.48. The summed E-state index contributed by atoms with van der Waals surface area (Å²) >= 11 is 6.02. The minimum absolute atomic E-state index is 0.0202. The summed E-state index contributed by atoms with van der Waals surface area (Å²) in [4.78, 5) is 7.89. The number of nitrogens with zero attached hydrogens (tertiary/aromatic N) is 2. The lowest BCUT2D eigenvalue weighted by molar-refractivity contribution is 0.217. The van der Waals surface area contributed by atoms with E-state index in [9.17, 15) is 5.11 Å². The van der Waals surface area contributed by atoms with Crippen LogP contribution in [0.5, 0.6) is 0 Å². The predicted molar refractivity (Wildman–Crippen MR) is 86.2 cm³/mol. The zero-order valence-electron chi connectivity index (χ0n) is 12.0. The molecule has 116 valence electrons. The van der Waals surface area contributed by atoms with Crippen molar-refractivity contribution in [2.45, 2.75) is 19.8 Å². The maximum absolute atomic E-state index is 9.98. The van der Waals surface area contributed by atoms with Gasteiger partial charge in [-0.15, -0.1) is 0 Å². The van der Waals surface area contributed by atoms with Gasteiger partial charge in [0.25, 0.3) is 0 Å². The Balaban J connectivity index is 2.94. The minimum atomic E-state index is -0.0910. The second-order valence-corrected chi connectivity index (χ2v) is 4.91. The molecule has 0 amide bonds. The van der Waals surface area contributed by atoms with Gasteiger partial charge in [-0.25, -0.2) is 4.98 Å². The zero-order valence-corrected chi connectivity index (χ0v) is 12.8. The van der Waals surface area contributed by atoms with E-state index in [4.69, 9.17) is 22.4 Å². The van der Waals surface area contributed by atoms with E-state index in [1.807, 2.05) is 6.92 Å². The number of hydrogen-bond acceptors (Lipinski definition) is 6. The number of rotatable bonds is 8. The van der Waals surface area contributed by atoms with Crippen molar-refractivity contribution in [2.24, 2.45) is 5.92 Å². The molecule has 0 fully saturated rings. The van der Waals surface area contributed by atoms with E-state index in [1.165, 1.54) is 12.2 Å². The summed E-state index contributed by atoms with van der Waals surface area (Å²) in [5.74, 6) is 0.502. The summed E-state index contributed by atoms with van der Waals surface area (Å²) in [5.41, 5.74) is 5.86. The number of nitrogens with two attached hydrogens (primary N) is 1. The Hall–Kier alpha value is -1.79. The molecule has 0 bridgehead atoms. The van der Waals surface area contributed by atoms with Crippen LogP contribution in [0.3, 0.4) is 0 Å². The first-order chi connectivity index (χ1) is 10.0. The van der Waals surface area contributed by atoms with Crippen molar-refractivity contribution in [1.82, 2.24) is 9.97 Å². The minimum Gasteiger partial charge on any atom is -0.507 e. The van der Waals surface area contributed by atoms with Gasteiger partial charge in [0, 0.05) is 13.2 Å². The Morgan fingerprint density at radius 2 is 2.24 bits per heavy atom. The molecule has 0 aliphatic heterocycles. The van der Waals surface area contributed by atoms with Gasteiger partial charge in [-0.3, -0.25) is 0 Å². The van der Waals surface area contributed by atoms with Crippen molar-refractivity contribution in [3.63, 3.8) is 0 Å². The van der Waals surface area contributed by atoms with Gasteiger partial charge in [0.2, 0.25) is 5.95 Å². The molecule has 6 nitrogen and oxygen atoms in total. The van der Waals surface area contributed by atoms with Crippen LogP contribution in [0.1, 0.15) is 25.3 Å². The smallest absolute Gasteiger partial charge is 0.223 e. The van der Waals surface area contributed by atoms with Gasteiger partial charge in [-0.1, -0.05) is 37.6 Å². The standard InChI is InChI=1S/C14H21ClN4O2/c1-3-5-10(21)11-12(15)18-14(16)19-13(11)17-7-6-9(4-2)8-20/h3,5,9,20-21H,1,4,6-8H2,2H3,(H3,16,17,18,19)/b10-5-/t9-/m0/s1. The van der Waals surface area contributed by atoms with Crippen LogP contribution in [0.4, 0.5) is 11.8 Å². The molecule has 1 rings (SSSR count). The van der Waals surface area contributed by atoms with Crippen molar-refractivity contribution in [1.29, 1.82) is 0 Å². The Morgan fingerprint density at radius 3 is 2.81 bits per heavy atom. The van der Waals surface area contributed by atoms with Crippen molar-refractivity contribution in [3.8, 4) is 0 Å². The van der Waals surface area contributed by atoms with Crippen LogP contribution in [-0.2, 0) is 0 Å². The molecular formula is C14H21ClN4O2. The number of hydrogen-bond donors (Lipinski definition) is 4. The first-order valence-electron chi connectivity index (χ1n) is 6.73. The normalized spacial score (nSPS) is 13.0. The number of anilines is 2. The number of aromatic nitrogens is 2. The molecule has 0 unspecified atom stereocenters. The van der Waals surface area contributed by atoms with E-state index in [1.54, 1.807) is 0 Å². The number of halogens is 1. The van der Waals surface area contributed by atoms with E-state index >= 15 is 0 Å². The Bertz CT molecular complexity index is 516. The molecule has 0 aliphatic carbocycles. The quantitative estimate of drug-likeness (QED) is 0.334. The average molecular weight is 313 g/mol. The topological polar surface area (TPSA) is 104 Å². The van der Waals surface area contributed by atoms with Crippen LogP contribution in [0.15, 0.2) is 18.7 Å². The molecule has 0 saturated heterocycles. The van der Waals surface area contributed by atoms with E-state index in [0.717, 1.165) is 12.8 Å². The first kappa shape index (κ1) is 17.3. The number of aliphatic hydroxyl groups is 2. The highest BCUT2D eigenvalue weighted by Crippen LogP contribution is 2.28. The van der Waals surface area contributed by atoms with Gasteiger partial charge in [0.05, 0.1) is 5.56 Å². The molecule has 1 aromatic rings. The molecule has 0 saturated carbocycles. The molecule has 0 aliphatic rings. The van der Waals surface area contributed by atoms with Crippen LogP contribution in [0.25, 0.3) is 5.76 Å². The third-order valence-corrected chi connectivity index (χ3v) is 3.37. The van der Waals surface area contributed by atoms with Gasteiger partial charge in [0.15, 0.2) is 0 Å². The maximum atomic E-state index is 9.98. The number of aliphatic hydroxyl groups excluding tert-OH is 2. The van der Waals surface area contributed by atoms with Crippen LogP contribution >= 0.6 is 11.6 Å². The SMILES string of the molecule is C=C/C=C(\O)c1c(Cl)nc(N)nc1NCC[C@H](CC)CO. The van der Waals surface area contributed by atoms with Gasteiger partial charge in [0.1, 0.15) is 16.7 Å². The summed E-state index contributed by atoms with van der Waals surface area (Å²) < 4.78 is 0. The largest absolute Gasteiger partial charge is 0.507 e. The molecule has 7 heteroatoms. The van der Waals surface area contributed by atoms with E-state index in [2.05, 4.69) is 21.9 Å². The van der Waals surface area contributed by atoms with Crippen LogP contribution < -0.4 is 11.1 Å². The lowest BCUT2D eigenvalue weighted by Crippen LogP contribution is -2.14. The van der Waals surface area contributed by atoms with Crippen LogP contribution in [0, 0.1) is 5.92 Å². The predicted octanol–water partition coefficient (Wildman–Crippen LogP) is 2.62. The summed E-state index contributed by atoms with van der Waals surface area (Å²) in [6.45, 7) is 6.24. The third kappa shape index (κ3) is 4.91.